The van der Waals surface area contributed by atoms with E-state index in [2.05, 4.69) is 5.32 Å². The van der Waals surface area contributed by atoms with Gasteiger partial charge in [-0.3, -0.25) is 14.5 Å². The average molecular weight is 404 g/mol. The van der Waals surface area contributed by atoms with Crippen LogP contribution in [-0.2, 0) is 9.59 Å². The van der Waals surface area contributed by atoms with E-state index in [4.69, 9.17) is 17.3 Å². The SMILES string of the molecule is O=C(CN1C(=O)/C(=C/c2cccs2)SC1=S)Nc1cccc(C(=O)O)c1. The summed E-state index contributed by atoms with van der Waals surface area (Å²) in [6.45, 7) is -0.232. The normalized spacial score (nSPS) is 15.5. The fraction of sp³-hybridized carbons (Fsp3) is 0.0588. The molecule has 1 saturated heterocycles. The second-order valence-electron chi connectivity index (χ2n) is 5.22. The Kier molecular flexibility index (Phi) is 5.50. The zero-order valence-electron chi connectivity index (χ0n) is 13.2. The number of thioether (sulfide) groups is 1. The number of anilines is 1. The maximum Gasteiger partial charge on any atom is 0.335 e. The quantitative estimate of drug-likeness (QED) is 0.587. The molecule has 2 amide bonds. The van der Waals surface area contributed by atoms with E-state index < -0.39 is 11.9 Å². The number of hydrogen-bond donors (Lipinski definition) is 2. The summed E-state index contributed by atoms with van der Waals surface area (Å²) in [6.07, 6.45) is 1.75. The van der Waals surface area contributed by atoms with Crippen LogP contribution in [0.1, 0.15) is 15.2 Å². The van der Waals surface area contributed by atoms with Crippen LogP contribution in [0.25, 0.3) is 6.08 Å². The van der Waals surface area contributed by atoms with Gasteiger partial charge in [-0.25, -0.2) is 4.79 Å². The molecule has 1 fully saturated rings. The molecule has 26 heavy (non-hydrogen) atoms. The number of nitrogens with one attached hydrogen (secondary N) is 1. The second-order valence-corrected chi connectivity index (χ2v) is 7.87. The highest BCUT2D eigenvalue weighted by Crippen LogP contribution is 2.33. The number of nitrogens with zero attached hydrogens (tertiary/aromatic N) is 1. The van der Waals surface area contributed by atoms with Crippen LogP contribution in [0.2, 0.25) is 0 Å². The first-order chi connectivity index (χ1) is 12.4. The lowest BCUT2D eigenvalue weighted by Gasteiger charge is -2.14. The van der Waals surface area contributed by atoms with Gasteiger partial charge in [-0.1, -0.05) is 36.1 Å². The Bertz CT molecular complexity index is 922. The number of benzene rings is 1. The summed E-state index contributed by atoms with van der Waals surface area (Å²) < 4.78 is 0.312. The molecule has 3 rings (SSSR count). The number of rotatable bonds is 5. The third kappa shape index (κ3) is 4.18. The minimum absolute atomic E-state index is 0.0623. The molecule has 0 unspecified atom stereocenters. The zero-order valence-corrected chi connectivity index (χ0v) is 15.6. The highest BCUT2D eigenvalue weighted by molar-refractivity contribution is 8.26. The molecule has 0 saturated carbocycles. The summed E-state index contributed by atoms with van der Waals surface area (Å²) in [7, 11) is 0. The molecule has 2 aromatic rings. The van der Waals surface area contributed by atoms with Gasteiger partial charge in [0.25, 0.3) is 5.91 Å². The van der Waals surface area contributed by atoms with Gasteiger partial charge in [0.15, 0.2) is 0 Å². The summed E-state index contributed by atoms with van der Waals surface area (Å²) >= 11 is 7.86. The minimum atomic E-state index is -1.09. The summed E-state index contributed by atoms with van der Waals surface area (Å²) in [6, 6.07) is 9.65. The number of amides is 2. The van der Waals surface area contributed by atoms with Crippen LogP contribution in [-0.4, -0.2) is 38.7 Å². The zero-order chi connectivity index (χ0) is 18.7. The summed E-state index contributed by atoms with van der Waals surface area (Å²) in [5, 5.41) is 13.5. The van der Waals surface area contributed by atoms with Crippen molar-refractivity contribution >= 4 is 69.2 Å². The van der Waals surface area contributed by atoms with Gasteiger partial charge >= 0.3 is 5.97 Å². The van der Waals surface area contributed by atoms with Crippen molar-refractivity contribution < 1.29 is 19.5 Å². The number of thiophene rings is 1. The minimum Gasteiger partial charge on any atom is -0.478 e. The van der Waals surface area contributed by atoms with Gasteiger partial charge in [0.2, 0.25) is 5.91 Å². The van der Waals surface area contributed by atoms with Gasteiger partial charge in [-0.15, -0.1) is 11.3 Å². The van der Waals surface area contributed by atoms with Crippen molar-refractivity contribution in [1.82, 2.24) is 4.90 Å². The smallest absolute Gasteiger partial charge is 0.335 e. The van der Waals surface area contributed by atoms with E-state index in [1.54, 1.807) is 12.1 Å². The van der Waals surface area contributed by atoms with Crippen molar-refractivity contribution in [1.29, 1.82) is 0 Å². The van der Waals surface area contributed by atoms with E-state index in [0.29, 0.717) is 14.9 Å². The Labute approximate surface area is 162 Å². The molecule has 1 aromatic heterocycles. The molecule has 132 valence electrons. The van der Waals surface area contributed by atoms with Crippen molar-refractivity contribution in [2.24, 2.45) is 0 Å². The molecule has 1 aliphatic heterocycles. The first kappa shape index (κ1) is 18.3. The highest BCUT2D eigenvalue weighted by Gasteiger charge is 2.33. The first-order valence-corrected chi connectivity index (χ1v) is 9.46. The van der Waals surface area contributed by atoms with Crippen LogP contribution in [0.15, 0.2) is 46.7 Å². The van der Waals surface area contributed by atoms with Gasteiger partial charge in [-0.05, 0) is 35.7 Å². The van der Waals surface area contributed by atoms with E-state index in [-0.39, 0.29) is 18.0 Å². The van der Waals surface area contributed by atoms with Gasteiger partial charge in [-0.2, -0.15) is 0 Å². The standard InChI is InChI=1S/C17H12N2O4S3/c20-14(18-11-4-1-3-10(7-11)16(22)23)9-19-15(21)13(26-17(19)24)8-12-5-2-6-25-12/h1-8H,9H2,(H,18,20)(H,22,23)/b13-8-. The van der Waals surface area contributed by atoms with Gasteiger partial charge in [0.05, 0.1) is 10.5 Å². The third-order valence-corrected chi connectivity index (χ3v) is 5.58. The monoisotopic (exact) mass is 404 g/mol. The van der Waals surface area contributed by atoms with Crippen LogP contribution in [0.3, 0.4) is 0 Å². The van der Waals surface area contributed by atoms with Crippen molar-refractivity contribution in [3.05, 3.63) is 57.1 Å². The van der Waals surface area contributed by atoms with E-state index in [1.165, 1.54) is 34.4 Å². The van der Waals surface area contributed by atoms with Gasteiger partial charge in [0.1, 0.15) is 10.9 Å². The Morgan fingerprint density at radius 2 is 2.08 bits per heavy atom. The number of carboxylic acids is 1. The average Bonchev–Trinajstić information content (AvgIpc) is 3.19. The first-order valence-electron chi connectivity index (χ1n) is 7.36. The number of thiocarbonyl (C=S) groups is 1. The lowest BCUT2D eigenvalue weighted by molar-refractivity contribution is -0.126. The lowest BCUT2D eigenvalue weighted by atomic mass is 10.2. The molecule has 6 nitrogen and oxygen atoms in total. The van der Waals surface area contributed by atoms with Crippen molar-refractivity contribution in [3.8, 4) is 0 Å². The Morgan fingerprint density at radius 1 is 1.27 bits per heavy atom. The summed E-state index contributed by atoms with van der Waals surface area (Å²) in [4.78, 5) is 38.3. The molecular weight excluding hydrogens is 392 g/mol. The van der Waals surface area contributed by atoms with Gasteiger partial charge in [0, 0.05) is 10.6 Å². The van der Waals surface area contributed by atoms with E-state index in [9.17, 15) is 14.4 Å². The molecule has 2 heterocycles. The third-order valence-electron chi connectivity index (χ3n) is 3.39. The highest BCUT2D eigenvalue weighted by atomic mass is 32.2. The predicted octanol–water partition coefficient (Wildman–Crippen LogP) is 3.29. The van der Waals surface area contributed by atoms with Crippen LogP contribution < -0.4 is 5.32 Å². The lowest BCUT2D eigenvalue weighted by Crippen LogP contribution is -2.36. The predicted molar refractivity (Wildman–Crippen MR) is 106 cm³/mol. The largest absolute Gasteiger partial charge is 0.478 e. The molecule has 0 atom stereocenters. The number of carbonyl (C=O) groups excluding carboxylic acids is 2. The number of carboxylic acid groups (broad SMARTS) is 1. The van der Waals surface area contributed by atoms with Crippen molar-refractivity contribution in [2.45, 2.75) is 0 Å². The van der Waals surface area contributed by atoms with E-state index >= 15 is 0 Å². The molecule has 9 heteroatoms. The maximum absolute atomic E-state index is 12.5. The Balaban J connectivity index is 1.67. The molecular formula is C17H12N2O4S3. The Hall–Kier alpha value is -2.49. The van der Waals surface area contributed by atoms with Crippen molar-refractivity contribution in [2.75, 3.05) is 11.9 Å². The summed E-state index contributed by atoms with van der Waals surface area (Å²) in [5.41, 5.74) is 0.404. The number of aromatic carboxylic acids is 1. The number of carbonyl (C=O) groups is 3. The molecule has 2 N–H and O–H groups in total. The van der Waals surface area contributed by atoms with Gasteiger partial charge < -0.3 is 10.4 Å². The summed E-state index contributed by atoms with van der Waals surface area (Å²) in [5.74, 6) is -1.86. The van der Waals surface area contributed by atoms with E-state index in [0.717, 1.165) is 16.6 Å². The fourth-order valence-electron chi connectivity index (χ4n) is 2.21. The van der Waals surface area contributed by atoms with Crippen LogP contribution >= 0.6 is 35.3 Å². The van der Waals surface area contributed by atoms with Crippen LogP contribution in [0.5, 0.6) is 0 Å². The second kappa shape index (κ2) is 7.81. The Morgan fingerprint density at radius 3 is 2.77 bits per heavy atom. The molecule has 0 bridgehead atoms. The topological polar surface area (TPSA) is 86.7 Å². The molecule has 0 spiro atoms. The molecule has 0 radical (unpaired) electrons. The van der Waals surface area contributed by atoms with Crippen molar-refractivity contribution in [3.63, 3.8) is 0 Å². The number of hydrogen-bond acceptors (Lipinski definition) is 6. The fourth-order valence-corrected chi connectivity index (χ4v) is 4.19. The molecule has 1 aliphatic rings. The van der Waals surface area contributed by atoms with Crippen LogP contribution in [0, 0.1) is 0 Å². The molecule has 0 aliphatic carbocycles. The van der Waals surface area contributed by atoms with E-state index in [1.807, 2.05) is 17.5 Å². The maximum atomic E-state index is 12.5. The van der Waals surface area contributed by atoms with Crippen LogP contribution in [0.4, 0.5) is 5.69 Å². The molecule has 1 aromatic carbocycles.